The Morgan fingerprint density at radius 2 is 1.93 bits per heavy atom. The lowest BCUT2D eigenvalue weighted by atomic mass is 9.73. The van der Waals surface area contributed by atoms with Crippen molar-refractivity contribution in [3.8, 4) is 5.75 Å². The number of esters is 1. The van der Waals surface area contributed by atoms with Crippen LogP contribution in [0.4, 0.5) is 0 Å². The molecular weight excluding hydrogens is 346 g/mol. The molecule has 0 aromatic heterocycles. The Morgan fingerprint density at radius 1 is 1.22 bits per heavy atom. The van der Waals surface area contributed by atoms with Crippen LogP contribution in [0.2, 0.25) is 0 Å². The van der Waals surface area contributed by atoms with Crippen molar-refractivity contribution >= 4 is 11.9 Å². The highest BCUT2D eigenvalue weighted by atomic mass is 16.5. The standard InChI is InChI=1S/C21H29NO5/c1-3-26-20(24)21(15-16-6-8-17(25-2)9-7-16)10-12-22(13-11-21)19(23)18-5-4-14-27-18/h6-9,18H,3-5,10-15H2,1-2H3/t18-/m0/s1. The van der Waals surface area contributed by atoms with Gasteiger partial charge in [0.1, 0.15) is 11.9 Å². The maximum Gasteiger partial charge on any atom is 0.312 e. The fourth-order valence-corrected chi connectivity index (χ4v) is 4.00. The summed E-state index contributed by atoms with van der Waals surface area (Å²) in [7, 11) is 1.63. The van der Waals surface area contributed by atoms with Crippen molar-refractivity contribution in [1.29, 1.82) is 0 Å². The summed E-state index contributed by atoms with van der Waals surface area (Å²) in [6.45, 7) is 3.98. The van der Waals surface area contributed by atoms with Crippen LogP contribution >= 0.6 is 0 Å². The third-order valence-electron chi connectivity index (χ3n) is 5.65. The number of amides is 1. The quantitative estimate of drug-likeness (QED) is 0.715. The van der Waals surface area contributed by atoms with Gasteiger partial charge in [-0.25, -0.2) is 0 Å². The van der Waals surface area contributed by atoms with Crippen molar-refractivity contribution in [2.75, 3.05) is 33.4 Å². The molecule has 0 spiro atoms. The van der Waals surface area contributed by atoms with Gasteiger partial charge in [-0.3, -0.25) is 9.59 Å². The zero-order valence-electron chi connectivity index (χ0n) is 16.2. The molecular formula is C21H29NO5. The lowest BCUT2D eigenvalue weighted by molar-refractivity contribution is -0.161. The van der Waals surface area contributed by atoms with Gasteiger partial charge >= 0.3 is 5.97 Å². The Morgan fingerprint density at radius 3 is 2.48 bits per heavy atom. The first-order valence-corrected chi connectivity index (χ1v) is 9.78. The number of hydrogen-bond donors (Lipinski definition) is 0. The number of ether oxygens (including phenoxy) is 3. The number of likely N-dealkylation sites (tertiary alicyclic amines) is 1. The van der Waals surface area contributed by atoms with Gasteiger partial charge in [0.25, 0.3) is 5.91 Å². The van der Waals surface area contributed by atoms with E-state index in [2.05, 4.69) is 0 Å². The molecule has 2 heterocycles. The molecule has 27 heavy (non-hydrogen) atoms. The third-order valence-corrected chi connectivity index (χ3v) is 5.65. The second kappa shape index (κ2) is 8.74. The zero-order valence-corrected chi connectivity index (χ0v) is 16.2. The van der Waals surface area contributed by atoms with Crippen LogP contribution in [0.3, 0.4) is 0 Å². The SMILES string of the molecule is CCOC(=O)C1(Cc2ccc(OC)cc2)CCN(C(=O)[C@@H]2CCCO2)CC1. The highest BCUT2D eigenvalue weighted by molar-refractivity contribution is 5.82. The maximum atomic E-state index is 12.8. The van der Waals surface area contributed by atoms with E-state index in [1.807, 2.05) is 36.1 Å². The number of carbonyl (C=O) groups is 2. The van der Waals surface area contributed by atoms with Gasteiger partial charge in [0.05, 0.1) is 19.1 Å². The normalized spacial score (nSPS) is 21.7. The van der Waals surface area contributed by atoms with Crippen LogP contribution in [0.15, 0.2) is 24.3 Å². The number of carbonyl (C=O) groups excluding carboxylic acids is 2. The topological polar surface area (TPSA) is 65.1 Å². The number of rotatable bonds is 6. The number of methoxy groups -OCH3 is 1. The van der Waals surface area contributed by atoms with Crippen LogP contribution in [-0.4, -0.2) is 56.3 Å². The van der Waals surface area contributed by atoms with Crippen LogP contribution in [0.5, 0.6) is 5.75 Å². The van der Waals surface area contributed by atoms with E-state index in [4.69, 9.17) is 14.2 Å². The molecule has 0 unspecified atom stereocenters. The molecule has 1 amide bonds. The minimum Gasteiger partial charge on any atom is -0.497 e. The molecule has 3 rings (SSSR count). The van der Waals surface area contributed by atoms with Crippen LogP contribution in [0, 0.1) is 5.41 Å². The number of hydrogen-bond acceptors (Lipinski definition) is 5. The van der Waals surface area contributed by atoms with E-state index in [0.717, 1.165) is 24.2 Å². The third kappa shape index (κ3) is 4.43. The molecule has 2 saturated heterocycles. The van der Waals surface area contributed by atoms with Gasteiger partial charge in [-0.15, -0.1) is 0 Å². The summed E-state index contributed by atoms with van der Waals surface area (Å²) >= 11 is 0. The molecule has 1 aromatic rings. The van der Waals surface area contributed by atoms with Crippen molar-refractivity contribution in [3.63, 3.8) is 0 Å². The Bertz CT molecular complexity index is 643. The zero-order chi connectivity index (χ0) is 19.3. The van der Waals surface area contributed by atoms with E-state index in [1.54, 1.807) is 7.11 Å². The molecule has 6 heteroatoms. The maximum absolute atomic E-state index is 12.8. The van der Waals surface area contributed by atoms with Gasteiger partial charge in [-0.1, -0.05) is 12.1 Å². The highest BCUT2D eigenvalue weighted by Crippen LogP contribution is 2.37. The predicted octanol–water partition coefficient (Wildman–Crippen LogP) is 2.59. The van der Waals surface area contributed by atoms with Gasteiger partial charge in [0, 0.05) is 19.7 Å². The van der Waals surface area contributed by atoms with E-state index in [9.17, 15) is 9.59 Å². The van der Waals surface area contributed by atoms with Crippen LogP contribution in [0.25, 0.3) is 0 Å². The minimum atomic E-state index is -0.585. The average molecular weight is 375 g/mol. The molecule has 1 atom stereocenters. The Labute approximate surface area is 160 Å². The molecule has 0 aliphatic carbocycles. The predicted molar refractivity (Wildman–Crippen MR) is 101 cm³/mol. The monoisotopic (exact) mass is 375 g/mol. The van der Waals surface area contributed by atoms with Gasteiger partial charge in [0.15, 0.2) is 0 Å². The van der Waals surface area contributed by atoms with Crippen molar-refractivity contribution in [2.45, 2.75) is 45.1 Å². The summed E-state index contributed by atoms with van der Waals surface area (Å²) in [6.07, 6.45) is 3.25. The molecule has 148 valence electrons. The number of benzene rings is 1. The van der Waals surface area contributed by atoms with E-state index in [0.29, 0.717) is 45.6 Å². The number of nitrogens with zero attached hydrogens (tertiary/aromatic N) is 1. The summed E-state index contributed by atoms with van der Waals surface area (Å²) in [5, 5.41) is 0. The van der Waals surface area contributed by atoms with E-state index in [1.165, 1.54) is 0 Å². The fraction of sp³-hybridized carbons (Fsp3) is 0.619. The molecule has 2 aliphatic heterocycles. The van der Waals surface area contributed by atoms with Gasteiger partial charge in [-0.05, 0) is 56.7 Å². The van der Waals surface area contributed by atoms with Crippen molar-refractivity contribution in [1.82, 2.24) is 4.90 Å². The Hall–Kier alpha value is -2.08. The van der Waals surface area contributed by atoms with Crippen LogP contribution in [0.1, 0.15) is 38.2 Å². The summed E-state index contributed by atoms with van der Waals surface area (Å²) < 4.78 is 16.1. The van der Waals surface area contributed by atoms with E-state index < -0.39 is 5.41 Å². The number of piperidine rings is 1. The average Bonchev–Trinajstić information content (AvgIpc) is 3.23. The van der Waals surface area contributed by atoms with Gasteiger partial charge < -0.3 is 19.1 Å². The smallest absolute Gasteiger partial charge is 0.312 e. The van der Waals surface area contributed by atoms with Gasteiger partial charge in [-0.2, -0.15) is 0 Å². The minimum absolute atomic E-state index is 0.0643. The molecule has 0 saturated carbocycles. The van der Waals surface area contributed by atoms with Crippen molar-refractivity contribution in [2.24, 2.45) is 5.41 Å². The van der Waals surface area contributed by atoms with Crippen molar-refractivity contribution < 1.29 is 23.8 Å². The summed E-state index contributed by atoms with van der Waals surface area (Å²) in [5.74, 6) is 0.695. The lowest BCUT2D eigenvalue weighted by Crippen LogP contribution is -2.50. The first-order chi connectivity index (χ1) is 13.1. The molecule has 1 aromatic carbocycles. The van der Waals surface area contributed by atoms with Crippen LogP contribution in [-0.2, 0) is 25.5 Å². The Balaban J connectivity index is 1.70. The van der Waals surface area contributed by atoms with E-state index >= 15 is 0 Å². The molecule has 0 N–H and O–H groups in total. The lowest BCUT2D eigenvalue weighted by Gasteiger charge is -2.40. The van der Waals surface area contributed by atoms with E-state index in [-0.39, 0.29) is 18.0 Å². The summed E-state index contributed by atoms with van der Waals surface area (Å²) in [5.41, 5.74) is 0.487. The summed E-state index contributed by atoms with van der Waals surface area (Å²) in [4.78, 5) is 27.3. The van der Waals surface area contributed by atoms with Gasteiger partial charge in [0.2, 0.25) is 0 Å². The molecule has 0 radical (unpaired) electrons. The fourth-order valence-electron chi connectivity index (χ4n) is 4.00. The van der Waals surface area contributed by atoms with Crippen LogP contribution < -0.4 is 4.74 Å². The molecule has 0 bridgehead atoms. The molecule has 6 nitrogen and oxygen atoms in total. The highest BCUT2D eigenvalue weighted by Gasteiger charge is 2.44. The summed E-state index contributed by atoms with van der Waals surface area (Å²) in [6, 6.07) is 7.79. The van der Waals surface area contributed by atoms with Crippen molar-refractivity contribution in [3.05, 3.63) is 29.8 Å². The molecule has 2 fully saturated rings. The first kappa shape index (κ1) is 19.7. The first-order valence-electron chi connectivity index (χ1n) is 9.78. The second-order valence-corrected chi connectivity index (χ2v) is 7.35. The largest absolute Gasteiger partial charge is 0.497 e. The second-order valence-electron chi connectivity index (χ2n) is 7.35. The molecule has 2 aliphatic rings. The Kier molecular flexibility index (Phi) is 6.37.